The van der Waals surface area contributed by atoms with E-state index in [1.54, 1.807) is 48.5 Å². The molecule has 41 heavy (non-hydrogen) atoms. The van der Waals surface area contributed by atoms with E-state index in [-0.39, 0.29) is 18.9 Å². The van der Waals surface area contributed by atoms with Crippen LogP contribution in [0, 0.1) is 0 Å². The van der Waals surface area contributed by atoms with Crippen LogP contribution in [-0.2, 0) is 16.0 Å². The molecular formula is C29H32N6O6. The lowest BCUT2D eigenvalue weighted by Crippen LogP contribution is -2.57. The molecule has 1 aliphatic rings. The maximum atomic E-state index is 14.1. The number of aliphatic imine (C=N–C) groups is 1. The Balaban J connectivity index is 1.80. The number of amides is 1. The predicted molar refractivity (Wildman–Crippen MR) is 151 cm³/mol. The standard InChI is InChI=1S/C29H32N6O6/c30-35-33-25-10-5-4-9-22(25)17-29(28(39)34-32-23(18-37)19-38)26(20-7-2-1-3-8-20)41-27(31-29)21-11-13-24(14-12-21)40-16-6-15-36/h1-5,7-14,23,26,32,36-38H,6,15-19H2,(H,34,39)/t26-,29-/m0/s1. The smallest absolute Gasteiger partial charge is 0.266 e. The van der Waals surface area contributed by atoms with Gasteiger partial charge >= 0.3 is 0 Å². The molecule has 0 aliphatic carbocycles. The molecule has 1 heterocycles. The zero-order valence-electron chi connectivity index (χ0n) is 22.3. The summed E-state index contributed by atoms with van der Waals surface area (Å²) in [5.41, 5.74) is 15.0. The Labute approximate surface area is 236 Å². The summed E-state index contributed by atoms with van der Waals surface area (Å²) in [5.74, 6) is 0.252. The summed E-state index contributed by atoms with van der Waals surface area (Å²) in [7, 11) is 0. The molecule has 4 rings (SSSR count). The third kappa shape index (κ3) is 7.01. The highest BCUT2D eigenvalue weighted by atomic mass is 16.5. The molecule has 3 aromatic rings. The summed E-state index contributed by atoms with van der Waals surface area (Å²) in [6.45, 7) is -0.428. The number of aliphatic hydroxyl groups excluding tert-OH is 3. The van der Waals surface area contributed by atoms with Gasteiger partial charge in [0.05, 0.1) is 25.9 Å². The van der Waals surface area contributed by atoms with Crippen molar-refractivity contribution in [2.75, 3.05) is 26.4 Å². The van der Waals surface area contributed by atoms with E-state index in [1.165, 1.54) is 0 Å². The Morgan fingerprint density at radius 1 is 1.05 bits per heavy atom. The first-order chi connectivity index (χ1) is 20.0. The molecule has 1 amide bonds. The number of ether oxygens (including phenoxy) is 2. The van der Waals surface area contributed by atoms with Crippen molar-refractivity contribution in [3.05, 3.63) is 106 Å². The Morgan fingerprint density at radius 3 is 2.44 bits per heavy atom. The van der Waals surface area contributed by atoms with Crippen LogP contribution in [-0.4, -0.2) is 65.1 Å². The molecule has 0 saturated heterocycles. The van der Waals surface area contributed by atoms with Crippen molar-refractivity contribution in [1.29, 1.82) is 0 Å². The fourth-order valence-electron chi connectivity index (χ4n) is 4.43. The number of aliphatic hydroxyl groups is 3. The van der Waals surface area contributed by atoms with E-state index in [4.69, 9.17) is 25.1 Å². The van der Waals surface area contributed by atoms with Crippen LogP contribution in [0.3, 0.4) is 0 Å². The topological polar surface area (TPSA) is 181 Å². The molecule has 2 atom stereocenters. The largest absolute Gasteiger partial charge is 0.494 e. The minimum Gasteiger partial charge on any atom is -0.494 e. The summed E-state index contributed by atoms with van der Waals surface area (Å²) in [5, 5.41) is 31.8. The second-order valence-electron chi connectivity index (χ2n) is 9.36. The molecule has 0 bridgehead atoms. The normalized spacial score (nSPS) is 17.9. The van der Waals surface area contributed by atoms with Crippen LogP contribution in [0.1, 0.15) is 29.2 Å². The first-order valence-electron chi connectivity index (χ1n) is 13.1. The van der Waals surface area contributed by atoms with Crippen LogP contribution in [0.2, 0.25) is 0 Å². The van der Waals surface area contributed by atoms with Gasteiger partial charge in [0.2, 0.25) is 5.90 Å². The molecule has 12 nitrogen and oxygen atoms in total. The zero-order valence-corrected chi connectivity index (χ0v) is 22.3. The van der Waals surface area contributed by atoms with Gasteiger partial charge in [0.15, 0.2) is 11.6 Å². The van der Waals surface area contributed by atoms with Crippen molar-refractivity contribution < 1.29 is 29.6 Å². The lowest BCUT2D eigenvalue weighted by Gasteiger charge is -2.31. The summed E-state index contributed by atoms with van der Waals surface area (Å²) >= 11 is 0. The molecule has 0 unspecified atom stereocenters. The van der Waals surface area contributed by atoms with Crippen LogP contribution in [0.4, 0.5) is 5.69 Å². The molecule has 5 N–H and O–H groups in total. The third-order valence-corrected chi connectivity index (χ3v) is 6.57. The van der Waals surface area contributed by atoms with Crippen LogP contribution >= 0.6 is 0 Å². The third-order valence-electron chi connectivity index (χ3n) is 6.57. The van der Waals surface area contributed by atoms with Crippen molar-refractivity contribution in [3.8, 4) is 5.75 Å². The summed E-state index contributed by atoms with van der Waals surface area (Å²) in [4.78, 5) is 21.9. The highest BCUT2D eigenvalue weighted by Gasteiger charge is 2.53. The second kappa shape index (κ2) is 14.3. The van der Waals surface area contributed by atoms with Gasteiger partial charge in [-0.05, 0) is 40.9 Å². The number of hydrazine groups is 1. The van der Waals surface area contributed by atoms with E-state index in [1.807, 2.05) is 30.3 Å². The molecule has 1 aliphatic heterocycles. The first kappa shape index (κ1) is 29.5. The SMILES string of the molecule is [N-]=[N+]=Nc1ccccc1C[C@]1(C(=O)NNC(CO)CO)N=C(c2ccc(OCCCO)cc2)O[C@H]1c1ccccc1. The van der Waals surface area contributed by atoms with Gasteiger partial charge in [-0.3, -0.25) is 10.2 Å². The Morgan fingerprint density at radius 2 is 1.76 bits per heavy atom. The van der Waals surface area contributed by atoms with Gasteiger partial charge in [-0.1, -0.05) is 59.7 Å². The number of rotatable bonds is 14. The maximum Gasteiger partial charge on any atom is 0.266 e. The van der Waals surface area contributed by atoms with Gasteiger partial charge in [-0.2, -0.15) is 0 Å². The average Bonchev–Trinajstić information content (AvgIpc) is 3.40. The molecule has 0 radical (unpaired) electrons. The molecule has 0 aromatic heterocycles. The number of benzene rings is 3. The zero-order chi connectivity index (χ0) is 29.1. The second-order valence-corrected chi connectivity index (χ2v) is 9.36. The number of hydrogen-bond donors (Lipinski definition) is 5. The number of nitrogens with one attached hydrogen (secondary N) is 2. The van der Waals surface area contributed by atoms with Gasteiger partial charge in [-0.25, -0.2) is 10.4 Å². The van der Waals surface area contributed by atoms with E-state index in [0.717, 1.165) is 0 Å². The van der Waals surface area contributed by atoms with Crippen molar-refractivity contribution in [1.82, 2.24) is 10.9 Å². The minimum absolute atomic E-state index is 0.00401. The summed E-state index contributed by atoms with van der Waals surface area (Å²) in [6, 6.07) is 22.3. The fourth-order valence-corrected chi connectivity index (χ4v) is 4.43. The Hall–Kier alpha value is -4.45. The van der Waals surface area contributed by atoms with Gasteiger partial charge in [-0.15, -0.1) is 0 Å². The van der Waals surface area contributed by atoms with Gasteiger partial charge in [0, 0.05) is 35.6 Å². The molecule has 0 fully saturated rings. The summed E-state index contributed by atoms with van der Waals surface area (Å²) in [6.07, 6.45) is -0.377. The molecule has 0 saturated carbocycles. The van der Waals surface area contributed by atoms with E-state index in [0.29, 0.717) is 41.2 Å². The molecule has 3 aromatic carbocycles. The van der Waals surface area contributed by atoms with Crippen molar-refractivity contribution in [3.63, 3.8) is 0 Å². The number of azide groups is 1. The molecule has 12 heteroatoms. The molecule has 0 spiro atoms. The van der Waals surface area contributed by atoms with E-state index in [9.17, 15) is 15.0 Å². The lowest BCUT2D eigenvalue weighted by molar-refractivity contribution is -0.130. The number of nitrogens with zero attached hydrogens (tertiary/aromatic N) is 4. The van der Waals surface area contributed by atoms with Crippen molar-refractivity contribution >= 4 is 17.5 Å². The first-order valence-corrected chi connectivity index (χ1v) is 13.1. The maximum absolute atomic E-state index is 14.1. The fraction of sp³-hybridized carbons (Fsp3) is 0.310. The van der Waals surface area contributed by atoms with Gasteiger partial charge < -0.3 is 24.8 Å². The van der Waals surface area contributed by atoms with Crippen LogP contribution in [0.25, 0.3) is 10.4 Å². The lowest BCUT2D eigenvalue weighted by atomic mass is 9.81. The van der Waals surface area contributed by atoms with Crippen LogP contribution in [0.15, 0.2) is 89.0 Å². The monoisotopic (exact) mass is 560 g/mol. The van der Waals surface area contributed by atoms with Crippen molar-refractivity contribution in [2.45, 2.75) is 30.5 Å². The number of carbonyl (C=O) groups is 1. The van der Waals surface area contributed by atoms with Crippen LogP contribution < -0.4 is 15.6 Å². The van der Waals surface area contributed by atoms with Gasteiger partial charge in [0.1, 0.15) is 5.75 Å². The van der Waals surface area contributed by atoms with Crippen molar-refractivity contribution in [2.24, 2.45) is 10.1 Å². The van der Waals surface area contributed by atoms with E-state index >= 15 is 0 Å². The average molecular weight is 561 g/mol. The minimum atomic E-state index is -1.59. The van der Waals surface area contributed by atoms with Crippen LogP contribution in [0.5, 0.6) is 5.75 Å². The Bertz CT molecular complexity index is 1380. The molecule has 214 valence electrons. The Kier molecular flexibility index (Phi) is 10.3. The van der Waals surface area contributed by atoms with Gasteiger partial charge in [0.25, 0.3) is 5.91 Å². The van der Waals surface area contributed by atoms with E-state index in [2.05, 4.69) is 20.9 Å². The molecular weight excluding hydrogens is 528 g/mol. The number of hydrogen-bond acceptors (Lipinski definition) is 9. The quantitative estimate of drug-likeness (QED) is 0.0660. The predicted octanol–water partition coefficient (Wildman–Crippen LogP) is 2.86. The highest BCUT2D eigenvalue weighted by Crippen LogP contribution is 2.43. The summed E-state index contributed by atoms with van der Waals surface area (Å²) < 4.78 is 12.1. The number of carbonyl (C=O) groups excluding carboxylic acids is 1. The highest BCUT2D eigenvalue weighted by molar-refractivity contribution is 6.01. The van der Waals surface area contributed by atoms with E-state index < -0.39 is 36.8 Å².